The molecule has 3 rings (SSSR count). The van der Waals surface area contributed by atoms with Crippen molar-refractivity contribution in [2.24, 2.45) is 11.8 Å². The molecule has 0 radical (unpaired) electrons. The lowest BCUT2D eigenvalue weighted by Crippen LogP contribution is -2.45. The number of hydrogen-bond donors (Lipinski definition) is 2. The van der Waals surface area contributed by atoms with Crippen LogP contribution in [0.15, 0.2) is 6.07 Å². The van der Waals surface area contributed by atoms with Crippen molar-refractivity contribution in [1.29, 1.82) is 0 Å². The molecule has 1 aliphatic heterocycles. The van der Waals surface area contributed by atoms with Crippen molar-refractivity contribution in [2.75, 3.05) is 13.1 Å². The summed E-state index contributed by atoms with van der Waals surface area (Å²) < 4.78 is 12.8. The predicted molar refractivity (Wildman–Crippen MR) is 87.2 cm³/mol. The number of nitrogens with one attached hydrogen (secondary N) is 2. The van der Waals surface area contributed by atoms with E-state index in [-0.39, 0.29) is 23.8 Å². The van der Waals surface area contributed by atoms with E-state index in [1.54, 1.807) is 4.90 Å². The highest BCUT2D eigenvalue weighted by Gasteiger charge is 2.36. The van der Waals surface area contributed by atoms with Crippen LogP contribution in [0.4, 0.5) is 4.39 Å². The van der Waals surface area contributed by atoms with E-state index in [2.05, 4.69) is 29.4 Å². The highest BCUT2D eigenvalue weighted by atomic mass is 19.1. The van der Waals surface area contributed by atoms with Crippen molar-refractivity contribution in [3.8, 4) is 0 Å². The molecule has 132 valence electrons. The third-order valence-corrected chi connectivity index (χ3v) is 4.75. The second-order valence-electron chi connectivity index (χ2n) is 7.39. The van der Waals surface area contributed by atoms with Crippen LogP contribution in [0, 0.1) is 11.8 Å². The van der Waals surface area contributed by atoms with Crippen LogP contribution in [0.2, 0.25) is 0 Å². The maximum atomic E-state index is 12.8. The zero-order chi connectivity index (χ0) is 17.3. The number of H-pyrrole nitrogens is 1. The van der Waals surface area contributed by atoms with Crippen molar-refractivity contribution in [1.82, 2.24) is 20.4 Å². The molecule has 0 bridgehead atoms. The Labute approximate surface area is 141 Å². The second-order valence-corrected chi connectivity index (χ2v) is 7.39. The van der Waals surface area contributed by atoms with Crippen LogP contribution in [0.5, 0.6) is 0 Å². The van der Waals surface area contributed by atoms with E-state index in [0.717, 1.165) is 18.5 Å². The average molecular weight is 336 g/mol. The van der Waals surface area contributed by atoms with Gasteiger partial charge in [-0.2, -0.15) is 5.10 Å². The van der Waals surface area contributed by atoms with Gasteiger partial charge in [0.1, 0.15) is 11.9 Å². The first kappa shape index (κ1) is 16.9. The number of amides is 2. The van der Waals surface area contributed by atoms with Crippen LogP contribution in [-0.2, 0) is 11.2 Å². The molecule has 2 N–H and O–H groups in total. The molecule has 1 aromatic rings. The number of likely N-dealkylation sites (tertiary alicyclic amines) is 1. The SMILES string of the molecule is CC(C)Cc1cc(C(=O)N2CCC(NC(=O)C3CC(F)C3)C2)n[nH]1. The fourth-order valence-corrected chi connectivity index (χ4v) is 3.32. The van der Waals surface area contributed by atoms with Gasteiger partial charge in [0.2, 0.25) is 5.91 Å². The summed E-state index contributed by atoms with van der Waals surface area (Å²) in [7, 11) is 0. The predicted octanol–water partition coefficient (Wildman–Crippen LogP) is 1.69. The molecule has 2 heterocycles. The Kier molecular flexibility index (Phi) is 4.87. The van der Waals surface area contributed by atoms with Gasteiger partial charge in [-0.15, -0.1) is 0 Å². The molecular formula is C17H25FN4O2. The van der Waals surface area contributed by atoms with Crippen molar-refractivity contribution >= 4 is 11.8 Å². The van der Waals surface area contributed by atoms with Gasteiger partial charge in [0.05, 0.1) is 0 Å². The fraction of sp³-hybridized carbons (Fsp3) is 0.706. The van der Waals surface area contributed by atoms with Gasteiger partial charge < -0.3 is 10.2 Å². The van der Waals surface area contributed by atoms with Gasteiger partial charge >= 0.3 is 0 Å². The van der Waals surface area contributed by atoms with E-state index in [1.807, 2.05) is 6.07 Å². The Bertz CT molecular complexity index is 609. The molecule has 0 aromatic carbocycles. The van der Waals surface area contributed by atoms with Crippen LogP contribution < -0.4 is 5.32 Å². The van der Waals surface area contributed by atoms with Gasteiger partial charge in [-0.05, 0) is 37.7 Å². The Morgan fingerprint density at radius 2 is 2.21 bits per heavy atom. The molecule has 6 nitrogen and oxygen atoms in total. The van der Waals surface area contributed by atoms with Crippen LogP contribution in [0.25, 0.3) is 0 Å². The van der Waals surface area contributed by atoms with E-state index < -0.39 is 6.17 Å². The van der Waals surface area contributed by atoms with Crippen LogP contribution >= 0.6 is 0 Å². The third-order valence-electron chi connectivity index (χ3n) is 4.75. The Morgan fingerprint density at radius 3 is 2.88 bits per heavy atom. The number of halogens is 1. The Hall–Kier alpha value is -1.92. The first-order valence-corrected chi connectivity index (χ1v) is 8.70. The maximum Gasteiger partial charge on any atom is 0.274 e. The fourth-order valence-electron chi connectivity index (χ4n) is 3.32. The first-order valence-electron chi connectivity index (χ1n) is 8.70. The zero-order valence-corrected chi connectivity index (χ0v) is 14.2. The minimum Gasteiger partial charge on any atom is -0.351 e. The van der Waals surface area contributed by atoms with Crippen molar-refractivity contribution in [3.05, 3.63) is 17.5 Å². The number of rotatable bonds is 5. The summed E-state index contributed by atoms with van der Waals surface area (Å²) in [6.45, 7) is 5.32. The summed E-state index contributed by atoms with van der Waals surface area (Å²) in [4.78, 5) is 26.2. The molecule has 1 aromatic heterocycles. The summed E-state index contributed by atoms with van der Waals surface area (Å²) in [5.74, 6) is 0.109. The van der Waals surface area contributed by atoms with E-state index >= 15 is 0 Å². The summed E-state index contributed by atoms with van der Waals surface area (Å²) >= 11 is 0. The molecule has 7 heteroatoms. The molecular weight excluding hydrogens is 311 g/mol. The topological polar surface area (TPSA) is 78.1 Å². The molecule has 2 amide bonds. The highest BCUT2D eigenvalue weighted by molar-refractivity contribution is 5.92. The van der Waals surface area contributed by atoms with Gasteiger partial charge in [-0.25, -0.2) is 4.39 Å². The third kappa shape index (κ3) is 3.76. The van der Waals surface area contributed by atoms with Crippen LogP contribution in [0.1, 0.15) is 49.3 Å². The normalized spacial score (nSPS) is 26.5. The quantitative estimate of drug-likeness (QED) is 0.859. The lowest BCUT2D eigenvalue weighted by atomic mass is 9.83. The number of carbonyl (C=O) groups is 2. The Balaban J connectivity index is 1.50. The van der Waals surface area contributed by atoms with Crippen LogP contribution in [0.3, 0.4) is 0 Å². The van der Waals surface area contributed by atoms with Crippen molar-refractivity contribution in [2.45, 2.75) is 51.7 Å². The first-order chi connectivity index (χ1) is 11.4. The molecule has 1 unspecified atom stereocenters. The van der Waals surface area contributed by atoms with Crippen molar-refractivity contribution < 1.29 is 14.0 Å². The number of aromatic amines is 1. The van der Waals surface area contributed by atoms with Crippen LogP contribution in [-0.4, -0.2) is 52.2 Å². The van der Waals surface area contributed by atoms with E-state index in [1.165, 1.54) is 0 Å². The molecule has 2 fully saturated rings. The lowest BCUT2D eigenvalue weighted by molar-refractivity contribution is -0.130. The van der Waals surface area contributed by atoms with Gasteiger partial charge in [-0.3, -0.25) is 14.7 Å². The maximum absolute atomic E-state index is 12.8. The minimum atomic E-state index is -0.831. The number of aromatic nitrogens is 2. The van der Waals surface area contributed by atoms with E-state index in [0.29, 0.717) is 37.5 Å². The van der Waals surface area contributed by atoms with Crippen molar-refractivity contribution in [3.63, 3.8) is 0 Å². The van der Waals surface area contributed by atoms with Gasteiger partial charge in [-0.1, -0.05) is 13.8 Å². The smallest absolute Gasteiger partial charge is 0.274 e. The summed E-state index contributed by atoms with van der Waals surface area (Å²) in [6.07, 6.45) is 1.41. The van der Waals surface area contributed by atoms with E-state index in [4.69, 9.17) is 0 Å². The molecule has 1 saturated heterocycles. The lowest BCUT2D eigenvalue weighted by Gasteiger charge is -2.29. The number of nitrogens with zero attached hydrogens (tertiary/aromatic N) is 2. The molecule has 1 aliphatic carbocycles. The second kappa shape index (κ2) is 6.91. The number of hydrogen-bond acceptors (Lipinski definition) is 3. The largest absolute Gasteiger partial charge is 0.351 e. The molecule has 24 heavy (non-hydrogen) atoms. The highest BCUT2D eigenvalue weighted by Crippen LogP contribution is 2.30. The summed E-state index contributed by atoms with van der Waals surface area (Å²) in [5.41, 5.74) is 1.39. The van der Waals surface area contributed by atoms with Gasteiger partial charge in [0.15, 0.2) is 0 Å². The standard InChI is InChI=1S/C17H25FN4O2/c1-10(2)5-14-8-15(21-20-14)17(24)22-4-3-13(9-22)19-16(23)11-6-12(18)7-11/h8,10-13H,3-7,9H2,1-2H3,(H,19,23)(H,20,21). The number of alkyl halides is 1. The van der Waals surface area contributed by atoms with Gasteiger partial charge in [0.25, 0.3) is 5.91 Å². The minimum absolute atomic E-state index is 0.0470. The molecule has 1 saturated carbocycles. The summed E-state index contributed by atoms with van der Waals surface area (Å²) in [6, 6.07) is 1.76. The number of carbonyl (C=O) groups excluding carboxylic acids is 2. The van der Waals surface area contributed by atoms with Gasteiger partial charge in [0, 0.05) is 30.7 Å². The Morgan fingerprint density at radius 1 is 1.46 bits per heavy atom. The zero-order valence-electron chi connectivity index (χ0n) is 14.2. The summed E-state index contributed by atoms with van der Waals surface area (Å²) in [5, 5.41) is 9.97. The monoisotopic (exact) mass is 336 g/mol. The van der Waals surface area contributed by atoms with E-state index in [9.17, 15) is 14.0 Å². The molecule has 0 spiro atoms. The molecule has 1 atom stereocenters. The average Bonchev–Trinajstić information content (AvgIpc) is 3.12. The molecule has 2 aliphatic rings.